The monoisotopic (exact) mass is 538 g/mol. The van der Waals surface area contributed by atoms with Gasteiger partial charge < -0.3 is 14.9 Å². The van der Waals surface area contributed by atoms with E-state index < -0.39 is 22.9 Å². The second-order valence-corrected chi connectivity index (χ2v) is 13.5. The molecule has 3 aliphatic rings. The van der Waals surface area contributed by atoms with Crippen molar-refractivity contribution < 1.29 is 32.9 Å². The molecule has 1 fully saturated rings. The predicted molar refractivity (Wildman–Crippen MR) is 143 cm³/mol. The van der Waals surface area contributed by atoms with Crippen LogP contribution in [0.2, 0.25) is 0 Å². The fourth-order valence-electron chi connectivity index (χ4n) is 6.53. The van der Waals surface area contributed by atoms with Gasteiger partial charge in [-0.1, -0.05) is 60.0 Å². The normalized spacial score (nSPS) is 23.9. The van der Waals surface area contributed by atoms with Crippen LogP contribution >= 0.6 is 0 Å². The molecule has 1 aromatic rings. The van der Waals surface area contributed by atoms with E-state index in [1.807, 2.05) is 13.0 Å². The first-order valence-corrected chi connectivity index (χ1v) is 13.8. The standard InChI is InChI=1S/C31H45F3O4/c1-9-10-11-12-25(31(32,33)34)29(5,6)19-14-23(35)26(24(36)15-19)20-13-18(17-38-27(37)28(2,3)4)21-16-22(20)30(21,7)8/h13-15,20-22,25,35-36H,9-12,16-17H2,1-8H3/t20-,21+,22-,25-/m0/s1. The number of fused-ring (bicyclic) bond motifs is 1. The summed E-state index contributed by atoms with van der Waals surface area (Å²) in [6.07, 6.45) is 0.404. The molecule has 4 rings (SSSR count). The minimum Gasteiger partial charge on any atom is -0.507 e. The van der Waals surface area contributed by atoms with E-state index in [0.29, 0.717) is 12.0 Å². The van der Waals surface area contributed by atoms with Gasteiger partial charge in [-0.3, -0.25) is 4.79 Å². The van der Waals surface area contributed by atoms with Crippen LogP contribution in [0.5, 0.6) is 11.5 Å². The van der Waals surface area contributed by atoms with Crippen molar-refractivity contribution in [2.45, 2.75) is 105 Å². The maximum absolute atomic E-state index is 14.1. The van der Waals surface area contributed by atoms with Crippen LogP contribution in [0.4, 0.5) is 13.2 Å². The number of hydrogen-bond acceptors (Lipinski definition) is 4. The molecule has 214 valence electrons. The highest BCUT2D eigenvalue weighted by Crippen LogP contribution is 2.65. The highest BCUT2D eigenvalue weighted by atomic mass is 19.4. The van der Waals surface area contributed by atoms with Crippen LogP contribution in [0.3, 0.4) is 0 Å². The number of phenolic OH excluding ortho intramolecular Hbond substituents is 2. The van der Waals surface area contributed by atoms with Gasteiger partial charge in [0, 0.05) is 16.9 Å². The lowest BCUT2D eigenvalue weighted by Crippen LogP contribution is -2.52. The molecule has 1 aromatic carbocycles. The maximum Gasteiger partial charge on any atom is 0.392 e. The Labute approximate surface area is 225 Å². The second-order valence-electron chi connectivity index (χ2n) is 13.5. The Balaban J connectivity index is 1.96. The highest BCUT2D eigenvalue weighted by Gasteiger charge is 2.56. The van der Waals surface area contributed by atoms with Gasteiger partial charge in [0.25, 0.3) is 0 Å². The van der Waals surface area contributed by atoms with Gasteiger partial charge >= 0.3 is 12.1 Å². The van der Waals surface area contributed by atoms with Crippen LogP contribution in [-0.4, -0.2) is 29.0 Å². The summed E-state index contributed by atoms with van der Waals surface area (Å²) in [5, 5.41) is 22.3. The van der Waals surface area contributed by atoms with Gasteiger partial charge in [0.15, 0.2) is 0 Å². The predicted octanol–water partition coefficient (Wildman–Crippen LogP) is 8.41. The molecule has 3 aliphatic carbocycles. The van der Waals surface area contributed by atoms with Crippen molar-refractivity contribution in [2.24, 2.45) is 28.6 Å². The van der Waals surface area contributed by atoms with Crippen LogP contribution in [0, 0.1) is 28.6 Å². The van der Waals surface area contributed by atoms with E-state index in [9.17, 15) is 28.2 Å². The van der Waals surface area contributed by atoms with Crippen molar-refractivity contribution in [3.63, 3.8) is 0 Å². The van der Waals surface area contributed by atoms with Crippen LogP contribution < -0.4 is 0 Å². The summed E-state index contributed by atoms with van der Waals surface area (Å²) in [5.74, 6) is -2.26. The van der Waals surface area contributed by atoms with Crippen LogP contribution in [0.1, 0.15) is 105 Å². The number of phenols is 2. The molecule has 2 bridgehead atoms. The molecule has 0 heterocycles. The summed E-state index contributed by atoms with van der Waals surface area (Å²) >= 11 is 0. The van der Waals surface area contributed by atoms with Crippen molar-refractivity contribution >= 4 is 5.97 Å². The third kappa shape index (κ3) is 5.72. The molecule has 1 saturated carbocycles. The quantitative estimate of drug-likeness (QED) is 0.188. The zero-order valence-electron chi connectivity index (χ0n) is 24.1. The van der Waals surface area contributed by atoms with Crippen LogP contribution in [-0.2, 0) is 14.9 Å². The molecule has 0 unspecified atom stereocenters. The largest absolute Gasteiger partial charge is 0.507 e. The number of allylic oxidation sites excluding steroid dienone is 1. The van der Waals surface area contributed by atoms with Crippen molar-refractivity contribution in [1.29, 1.82) is 0 Å². The van der Waals surface area contributed by atoms with Crippen molar-refractivity contribution in [3.05, 3.63) is 34.9 Å². The van der Waals surface area contributed by atoms with E-state index in [4.69, 9.17) is 4.74 Å². The fourth-order valence-corrected chi connectivity index (χ4v) is 6.53. The first-order valence-electron chi connectivity index (χ1n) is 13.8. The Morgan fingerprint density at radius 1 is 1.08 bits per heavy atom. The summed E-state index contributed by atoms with van der Waals surface area (Å²) in [7, 11) is 0. The van der Waals surface area contributed by atoms with Crippen molar-refractivity contribution in [2.75, 3.05) is 6.61 Å². The Bertz CT molecular complexity index is 1040. The first kappa shape index (κ1) is 30.4. The molecule has 4 nitrogen and oxygen atoms in total. The van der Waals surface area contributed by atoms with Gasteiger partial charge in [0.1, 0.15) is 18.1 Å². The minimum atomic E-state index is -4.41. The Kier molecular flexibility index (Phi) is 8.33. The number of alkyl halides is 3. The summed E-state index contributed by atoms with van der Waals surface area (Å²) in [5.41, 5.74) is -0.558. The number of carbonyl (C=O) groups excluding carboxylic acids is 1. The van der Waals surface area contributed by atoms with Gasteiger partial charge in [0.2, 0.25) is 0 Å². The highest BCUT2D eigenvalue weighted by molar-refractivity contribution is 5.75. The fraction of sp³-hybridized carbons (Fsp3) is 0.710. The topological polar surface area (TPSA) is 66.8 Å². The molecule has 0 spiro atoms. The van der Waals surface area contributed by atoms with Gasteiger partial charge in [0.05, 0.1) is 11.3 Å². The Morgan fingerprint density at radius 2 is 1.66 bits per heavy atom. The smallest absolute Gasteiger partial charge is 0.392 e. The first-order chi connectivity index (χ1) is 17.3. The number of unbranched alkanes of at least 4 members (excludes halogenated alkanes) is 2. The number of rotatable bonds is 9. The number of aromatic hydroxyl groups is 2. The maximum atomic E-state index is 14.1. The lowest BCUT2D eigenvalue weighted by molar-refractivity contribution is -0.193. The van der Waals surface area contributed by atoms with Gasteiger partial charge in [-0.05, 0) is 74.1 Å². The summed E-state index contributed by atoms with van der Waals surface area (Å²) in [6, 6.07) is 2.80. The third-order valence-corrected chi connectivity index (χ3v) is 9.18. The average Bonchev–Trinajstić information content (AvgIpc) is 2.77. The lowest BCUT2D eigenvalue weighted by atomic mass is 9.45. The molecule has 2 N–H and O–H groups in total. The molecule has 38 heavy (non-hydrogen) atoms. The van der Waals surface area contributed by atoms with Crippen LogP contribution in [0.25, 0.3) is 0 Å². The number of halogens is 3. The summed E-state index contributed by atoms with van der Waals surface area (Å²) in [4.78, 5) is 12.4. The van der Waals surface area contributed by atoms with Crippen molar-refractivity contribution in [1.82, 2.24) is 0 Å². The van der Waals surface area contributed by atoms with Crippen LogP contribution in [0.15, 0.2) is 23.8 Å². The Morgan fingerprint density at radius 3 is 2.13 bits per heavy atom. The number of hydrogen-bond donors (Lipinski definition) is 2. The number of ether oxygens (including phenoxy) is 1. The zero-order valence-corrected chi connectivity index (χ0v) is 24.1. The zero-order chi connectivity index (χ0) is 28.8. The molecule has 7 heteroatoms. The Hall–Kier alpha value is -2.18. The summed E-state index contributed by atoms with van der Waals surface area (Å²) in [6.45, 7) is 14.8. The number of benzene rings is 1. The minimum absolute atomic E-state index is 0.00667. The van der Waals surface area contributed by atoms with E-state index in [1.54, 1.807) is 20.8 Å². The molecule has 0 saturated heterocycles. The molecule has 0 aliphatic heterocycles. The third-order valence-electron chi connectivity index (χ3n) is 9.18. The number of carbonyl (C=O) groups is 1. The average molecular weight is 539 g/mol. The van der Waals surface area contributed by atoms with E-state index >= 15 is 0 Å². The van der Waals surface area contributed by atoms with Gasteiger partial charge in [-0.25, -0.2) is 0 Å². The molecule has 4 atom stereocenters. The van der Waals surface area contributed by atoms with E-state index in [1.165, 1.54) is 26.0 Å². The molecular weight excluding hydrogens is 493 g/mol. The van der Waals surface area contributed by atoms with E-state index in [2.05, 4.69) is 13.8 Å². The lowest BCUT2D eigenvalue weighted by Gasteiger charge is -2.59. The van der Waals surface area contributed by atoms with E-state index in [0.717, 1.165) is 24.8 Å². The SMILES string of the molecule is CCCCC[C@H](C(F)(F)F)C(C)(C)c1cc(O)c([C@H]2C=C(COC(=O)C(C)(C)C)[C@H]3C[C@@H]2C3(C)C)c(O)c1. The molecular formula is C31H45F3O4. The van der Waals surface area contributed by atoms with E-state index in [-0.39, 0.29) is 59.2 Å². The van der Waals surface area contributed by atoms with Crippen molar-refractivity contribution in [3.8, 4) is 11.5 Å². The molecule has 0 aromatic heterocycles. The molecule has 0 radical (unpaired) electrons. The summed E-state index contributed by atoms with van der Waals surface area (Å²) < 4.78 is 48.0. The molecule has 0 amide bonds. The second kappa shape index (κ2) is 10.4. The van der Waals surface area contributed by atoms with Gasteiger partial charge in [-0.15, -0.1) is 0 Å². The number of esters is 1. The van der Waals surface area contributed by atoms with Gasteiger partial charge in [-0.2, -0.15) is 13.2 Å².